The molecule has 5 N–H and O–H groups in total. The molecule has 3 nitrogen and oxygen atoms in total. The SMILES string of the molecule is NCC(N)CC(O)CC(Cl)(Cl)Cl. The standard InChI is InChI=1S/C6H13Cl3N2O/c7-6(8,9)2-5(12)1-4(11)3-10/h4-5,12H,1-3,10-11H2. The highest BCUT2D eigenvalue weighted by molar-refractivity contribution is 6.67. The Balaban J connectivity index is 3.66. The van der Waals surface area contributed by atoms with Gasteiger partial charge in [-0.3, -0.25) is 0 Å². The molecule has 12 heavy (non-hydrogen) atoms. The summed E-state index contributed by atoms with van der Waals surface area (Å²) in [6, 6.07) is -0.243. The molecule has 0 bridgehead atoms. The minimum atomic E-state index is -1.42. The maximum Gasteiger partial charge on any atom is 0.193 e. The van der Waals surface area contributed by atoms with Crippen LogP contribution in [0.4, 0.5) is 0 Å². The highest BCUT2D eigenvalue weighted by Crippen LogP contribution is 2.32. The van der Waals surface area contributed by atoms with Crippen LogP contribution in [0.5, 0.6) is 0 Å². The molecule has 0 saturated heterocycles. The van der Waals surface area contributed by atoms with Crippen molar-refractivity contribution in [2.24, 2.45) is 11.5 Å². The molecular weight excluding hydrogens is 222 g/mol. The van der Waals surface area contributed by atoms with Crippen LogP contribution in [0.1, 0.15) is 12.8 Å². The quantitative estimate of drug-likeness (QED) is 0.631. The summed E-state index contributed by atoms with van der Waals surface area (Å²) < 4.78 is -1.42. The molecule has 6 heteroatoms. The van der Waals surface area contributed by atoms with Gasteiger partial charge in [0.15, 0.2) is 3.79 Å². The highest BCUT2D eigenvalue weighted by Gasteiger charge is 2.24. The number of nitrogens with two attached hydrogens (primary N) is 2. The molecule has 0 radical (unpaired) electrons. The Hall–Kier alpha value is 0.750. The minimum absolute atomic E-state index is 0.0748. The second kappa shape index (κ2) is 5.47. The van der Waals surface area contributed by atoms with Crippen LogP contribution in [0.2, 0.25) is 0 Å². The average Bonchev–Trinajstić information content (AvgIpc) is 1.82. The first-order valence-electron chi connectivity index (χ1n) is 3.55. The molecule has 0 aliphatic carbocycles. The van der Waals surface area contributed by atoms with Gasteiger partial charge >= 0.3 is 0 Å². The van der Waals surface area contributed by atoms with Crippen molar-refractivity contribution in [3.05, 3.63) is 0 Å². The average molecular weight is 236 g/mol. The first-order chi connectivity index (χ1) is 5.35. The van der Waals surface area contributed by atoms with Crippen molar-refractivity contribution < 1.29 is 5.11 Å². The van der Waals surface area contributed by atoms with Crippen LogP contribution in [0.15, 0.2) is 0 Å². The van der Waals surface area contributed by atoms with Gasteiger partial charge in [0.1, 0.15) is 0 Å². The molecule has 0 aromatic rings. The van der Waals surface area contributed by atoms with E-state index in [-0.39, 0.29) is 12.5 Å². The normalized spacial score (nSPS) is 17.5. The Morgan fingerprint density at radius 2 is 1.83 bits per heavy atom. The van der Waals surface area contributed by atoms with Crippen LogP contribution >= 0.6 is 34.8 Å². The zero-order chi connectivity index (χ0) is 9.78. The molecule has 2 unspecified atom stereocenters. The highest BCUT2D eigenvalue weighted by atomic mass is 35.6. The van der Waals surface area contributed by atoms with Gasteiger partial charge in [-0.25, -0.2) is 0 Å². The van der Waals surface area contributed by atoms with Crippen molar-refractivity contribution in [1.82, 2.24) is 0 Å². The molecule has 0 amide bonds. The zero-order valence-corrected chi connectivity index (χ0v) is 8.78. The Labute approximate surface area is 86.9 Å². The van der Waals surface area contributed by atoms with Crippen LogP contribution in [0, 0.1) is 0 Å². The van der Waals surface area contributed by atoms with Gasteiger partial charge in [-0.05, 0) is 6.42 Å². The second-order valence-electron chi connectivity index (χ2n) is 2.70. The summed E-state index contributed by atoms with van der Waals surface area (Å²) in [6.07, 6.45) is -0.286. The molecule has 0 saturated carbocycles. The van der Waals surface area contributed by atoms with Crippen molar-refractivity contribution in [2.45, 2.75) is 28.8 Å². The molecule has 2 atom stereocenters. The lowest BCUT2D eigenvalue weighted by molar-refractivity contribution is 0.148. The summed E-state index contributed by atoms with van der Waals surface area (Å²) in [5.74, 6) is 0. The predicted molar refractivity (Wildman–Crippen MR) is 52.6 cm³/mol. The maximum atomic E-state index is 9.30. The van der Waals surface area contributed by atoms with Crippen LogP contribution in [-0.2, 0) is 0 Å². The van der Waals surface area contributed by atoms with Crippen molar-refractivity contribution in [3.63, 3.8) is 0 Å². The lowest BCUT2D eigenvalue weighted by Gasteiger charge is -2.18. The molecule has 0 fully saturated rings. The van der Waals surface area contributed by atoms with Crippen molar-refractivity contribution in [1.29, 1.82) is 0 Å². The monoisotopic (exact) mass is 234 g/mol. The lowest BCUT2D eigenvalue weighted by Crippen LogP contribution is -2.34. The van der Waals surface area contributed by atoms with Gasteiger partial charge < -0.3 is 16.6 Å². The number of hydrogen-bond acceptors (Lipinski definition) is 3. The van der Waals surface area contributed by atoms with E-state index in [0.29, 0.717) is 13.0 Å². The Bertz CT molecular complexity index is 128. The Morgan fingerprint density at radius 1 is 1.33 bits per heavy atom. The van der Waals surface area contributed by atoms with Gasteiger partial charge in [0, 0.05) is 19.0 Å². The molecule has 74 valence electrons. The van der Waals surface area contributed by atoms with E-state index in [0.717, 1.165) is 0 Å². The van der Waals surface area contributed by atoms with Gasteiger partial charge in [0.25, 0.3) is 0 Å². The first kappa shape index (κ1) is 12.8. The Morgan fingerprint density at radius 3 is 2.17 bits per heavy atom. The number of rotatable bonds is 4. The number of aliphatic hydroxyl groups excluding tert-OH is 1. The van der Waals surface area contributed by atoms with E-state index >= 15 is 0 Å². The summed E-state index contributed by atoms with van der Waals surface area (Å²) in [7, 11) is 0. The van der Waals surface area contributed by atoms with E-state index in [1.54, 1.807) is 0 Å². The van der Waals surface area contributed by atoms with E-state index in [1.165, 1.54) is 0 Å². The lowest BCUT2D eigenvalue weighted by atomic mass is 10.1. The van der Waals surface area contributed by atoms with Gasteiger partial charge in [0.2, 0.25) is 0 Å². The summed E-state index contributed by atoms with van der Waals surface area (Å²) in [5, 5.41) is 9.30. The maximum absolute atomic E-state index is 9.30. The van der Waals surface area contributed by atoms with Crippen LogP contribution in [0.3, 0.4) is 0 Å². The third kappa shape index (κ3) is 7.40. The van der Waals surface area contributed by atoms with Gasteiger partial charge in [-0.15, -0.1) is 0 Å². The summed E-state index contributed by atoms with van der Waals surface area (Å²) in [4.78, 5) is 0. The fourth-order valence-corrected chi connectivity index (χ4v) is 1.33. The van der Waals surface area contributed by atoms with E-state index in [9.17, 15) is 5.11 Å². The minimum Gasteiger partial charge on any atom is -0.393 e. The van der Waals surface area contributed by atoms with Gasteiger partial charge in [-0.1, -0.05) is 34.8 Å². The van der Waals surface area contributed by atoms with E-state index in [2.05, 4.69) is 0 Å². The molecular formula is C6H13Cl3N2O. The van der Waals surface area contributed by atoms with Crippen molar-refractivity contribution in [3.8, 4) is 0 Å². The third-order valence-corrected chi connectivity index (χ3v) is 1.81. The molecule has 0 spiro atoms. The van der Waals surface area contributed by atoms with E-state index < -0.39 is 9.90 Å². The topological polar surface area (TPSA) is 72.3 Å². The second-order valence-corrected chi connectivity index (χ2v) is 5.22. The van der Waals surface area contributed by atoms with E-state index in [1.807, 2.05) is 0 Å². The van der Waals surface area contributed by atoms with Crippen LogP contribution in [-0.4, -0.2) is 27.6 Å². The number of hydrogen-bond donors (Lipinski definition) is 3. The Kier molecular flexibility index (Phi) is 5.82. The molecule has 0 rings (SSSR count). The van der Waals surface area contributed by atoms with Gasteiger partial charge in [0.05, 0.1) is 6.10 Å². The van der Waals surface area contributed by atoms with Gasteiger partial charge in [-0.2, -0.15) is 0 Å². The smallest absolute Gasteiger partial charge is 0.193 e. The summed E-state index contributed by atoms with van der Waals surface area (Å²) >= 11 is 16.4. The number of alkyl halides is 3. The first-order valence-corrected chi connectivity index (χ1v) is 4.69. The van der Waals surface area contributed by atoms with Crippen molar-refractivity contribution >= 4 is 34.8 Å². The van der Waals surface area contributed by atoms with Crippen LogP contribution in [0.25, 0.3) is 0 Å². The molecule has 0 aliphatic heterocycles. The largest absolute Gasteiger partial charge is 0.393 e. The summed E-state index contributed by atoms with van der Waals surface area (Å²) in [6.45, 7) is 0.316. The molecule has 0 aromatic carbocycles. The van der Waals surface area contributed by atoms with E-state index in [4.69, 9.17) is 46.3 Å². The fourth-order valence-electron chi connectivity index (χ4n) is 0.796. The predicted octanol–water partition coefficient (Wildman–Crippen LogP) is 0.784. The van der Waals surface area contributed by atoms with Crippen molar-refractivity contribution in [2.75, 3.05) is 6.54 Å². The molecule has 0 heterocycles. The number of halogens is 3. The fraction of sp³-hybridized carbons (Fsp3) is 1.00. The van der Waals surface area contributed by atoms with Crippen LogP contribution < -0.4 is 11.5 Å². The molecule has 0 aliphatic rings. The zero-order valence-electron chi connectivity index (χ0n) is 6.51. The molecule has 0 aromatic heterocycles. The number of aliphatic hydroxyl groups is 1. The third-order valence-electron chi connectivity index (χ3n) is 1.34. The summed E-state index contributed by atoms with van der Waals surface area (Å²) in [5.41, 5.74) is 10.7.